The molecule has 0 fully saturated rings. The molecular formula is C9H9N3. The number of anilines is 1. The van der Waals surface area contributed by atoms with Crippen molar-refractivity contribution in [1.82, 2.24) is 9.97 Å². The van der Waals surface area contributed by atoms with Crippen molar-refractivity contribution < 1.29 is 0 Å². The maximum atomic E-state index is 4.14. The zero-order valence-electron chi connectivity index (χ0n) is 6.78. The summed E-state index contributed by atoms with van der Waals surface area (Å²) in [7, 11) is 1.89. The molecule has 0 unspecified atom stereocenters. The highest BCUT2D eigenvalue weighted by molar-refractivity contribution is 5.88. The number of hydrogen-bond acceptors (Lipinski definition) is 3. The van der Waals surface area contributed by atoms with Gasteiger partial charge in [0, 0.05) is 30.5 Å². The van der Waals surface area contributed by atoms with Crippen molar-refractivity contribution >= 4 is 16.7 Å². The molecule has 0 spiro atoms. The first kappa shape index (κ1) is 7.03. The first-order valence-electron chi connectivity index (χ1n) is 3.79. The molecule has 3 heteroatoms. The van der Waals surface area contributed by atoms with Gasteiger partial charge < -0.3 is 5.32 Å². The second-order valence-corrected chi connectivity index (χ2v) is 2.48. The maximum Gasteiger partial charge on any atom is 0.161 e. The van der Waals surface area contributed by atoms with E-state index in [4.69, 9.17) is 0 Å². The lowest BCUT2D eigenvalue weighted by atomic mass is 10.2. The molecule has 0 aliphatic heterocycles. The number of rotatable bonds is 1. The van der Waals surface area contributed by atoms with E-state index in [1.54, 1.807) is 12.4 Å². The fourth-order valence-electron chi connectivity index (χ4n) is 1.20. The molecule has 0 aliphatic carbocycles. The summed E-state index contributed by atoms with van der Waals surface area (Å²) < 4.78 is 0. The fourth-order valence-corrected chi connectivity index (χ4v) is 1.20. The number of nitrogens with one attached hydrogen (secondary N) is 1. The van der Waals surface area contributed by atoms with E-state index in [0.717, 1.165) is 16.7 Å². The van der Waals surface area contributed by atoms with Gasteiger partial charge in [-0.3, -0.25) is 0 Å². The Morgan fingerprint density at radius 1 is 1.17 bits per heavy atom. The molecule has 0 aromatic carbocycles. The summed E-state index contributed by atoms with van der Waals surface area (Å²) in [6, 6.07) is 5.84. The molecule has 0 saturated heterocycles. The molecule has 1 N–H and O–H groups in total. The Hall–Kier alpha value is -1.64. The Labute approximate surface area is 70.5 Å². The molecule has 2 aromatic rings. The van der Waals surface area contributed by atoms with Crippen LogP contribution in [0.3, 0.4) is 0 Å². The van der Waals surface area contributed by atoms with Crippen molar-refractivity contribution in [3.05, 3.63) is 30.6 Å². The quantitative estimate of drug-likeness (QED) is 0.687. The average Bonchev–Trinajstić information content (AvgIpc) is 2.17. The molecule has 3 nitrogen and oxygen atoms in total. The van der Waals surface area contributed by atoms with Crippen molar-refractivity contribution in [2.75, 3.05) is 12.4 Å². The van der Waals surface area contributed by atoms with Gasteiger partial charge in [-0.05, 0) is 18.2 Å². The molecule has 0 amide bonds. The number of aromatic nitrogens is 2. The van der Waals surface area contributed by atoms with Crippen LogP contribution >= 0.6 is 0 Å². The van der Waals surface area contributed by atoms with Gasteiger partial charge in [-0.1, -0.05) is 0 Å². The molecule has 0 bridgehead atoms. The van der Waals surface area contributed by atoms with E-state index in [2.05, 4.69) is 15.3 Å². The van der Waals surface area contributed by atoms with Crippen LogP contribution in [0.1, 0.15) is 0 Å². The van der Waals surface area contributed by atoms with Crippen LogP contribution in [0.25, 0.3) is 11.0 Å². The van der Waals surface area contributed by atoms with E-state index in [1.165, 1.54) is 0 Å². The van der Waals surface area contributed by atoms with E-state index < -0.39 is 0 Å². The van der Waals surface area contributed by atoms with Gasteiger partial charge in [0.2, 0.25) is 0 Å². The zero-order valence-corrected chi connectivity index (χ0v) is 6.78. The lowest BCUT2D eigenvalue weighted by Gasteiger charge is -2.02. The van der Waals surface area contributed by atoms with Gasteiger partial charge in [-0.15, -0.1) is 0 Å². The van der Waals surface area contributed by atoms with Gasteiger partial charge in [0.05, 0.1) is 0 Å². The highest BCUT2D eigenvalue weighted by Crippen LogP contribution is 2.17. The standard InChI is InChI=1S/C9H9N3/c1-10-8-4-6-12-9-7(8)3-2-5-11-9/h2-6H,1H3,(H,10,11,12). The maximum absolute atomic E-state index is 4.14. The molecule has 2 aromatic heterocycles. The van der Waals surface area contributed by atoms with Crippen LogP contribution < -0.4 is 5.32 Å². The molecule has 12 heavy (non-hydrogen) atoms. The van der Waals surface area contributed by atoms with Crippen molar-refractivity contribution in [2.45, 2.75) is 0 Å². The van der Waals surface area contributed by atoms with Crippen molar-refractivity contribution in [1.29, 1.82) is 0 Å². The second-order valence-electron chi connectivity index (χ2n) is 2.48. The molecule has 2 heterocycles. The van der Waals surface area contributed by atoms with E-state index in [1.807, 2.05) is 25.2 Å². The Balaban J connectivity index is 2.79. The predicted octanol–water partition coefficient (Wildman–Crippen LogP) is 1.67. The summed E-state index contributed by atoms with van der Waals surface area (Å²) in [5, 5.41) is 4.15. The summed E-state index contributed by atoms with van der Waals surface area (Å²) in [5.41, 5.74) is 1.84. The minimum absolute atomic E-state index is 0.782. The number of nitrogens with zero attached hydrogens (tertiary/aromatic N) is 2. The van der Waals surface area contributed by atoms with Gasteiger partial charge in [0.25, 0.3) is 0 Å². The average molecular weight is 159 g/mol. The fraction of sp³-hybridized carbons (Fsp3) is 0.111. The van der Waals surface area contributed by atoms with Gasteiger partial charge >= 0.3 is 0 Å². The predicted molar refractivity (Wildman–Crippen MR) is 49.1 cm³/mol. The van der Waals surface area contributed by atoms with Gasteiger partial charge in [-0.25, -0.2) is 9.97 Å². The van der Waals surface area contributed by atoms with Crippen LogP contribution in [-0.4, -0.2) is 17.0 Å². The summed E-state index contributed by atoms with van der Waals surface area (Å²) in [6.45, 7) is 0. The third-order valence-corrected chi connectivity index (χ3v) is 1.78. The molecule has 0 atom stereocenters. The Bertz CT molecular complexity index is 392. The number of fused-ring (bicyclic) bond motifs is 1. The monoisotopic (exact) mass is 159 g/mol. The third kappa shape index (κ3) is 0.993. The molecular weight excluding hydrogens is 150 g/mol. The molecule has 2 rings (SSSR count). The van der Waals surface area contributed by atoms with Gasteiger partial charge in [0.1, 0.15) is 0 Å². The normalized spacial score (nSPS) is 10.1. The smallest absolute Gasteiger partial charge is 0.161 e. The van der Waals surface area contributed by atoms with Crippen molar-refractivity contribution in [2.24, 2.45) is 0 Å². The third-order valence-electron chi connectivity index (χ3n) is 1.78. The highest BCUT2D eigenvalue weighted by atomic mass is 14.9. The minimum Gasteiger partial charge on any atom is -0.387 e. The van der Waals surface area contributed by atoms with Crippen LogP contribution in [0, 0.1) is 0 Å². The SMILES string of the molecule is CNc1ccnc2ncccc12. The summed E-state index contributed by atoms with van der Waals surface area (Å²) in [4.78, 5) is 8.28. The summed E-state index contributed by atoms with van der Waals surface area (Å²) in [6.07, 6.45) is 3.50. The number of pyridine rings is 2. The molecule has 60 valence electrons. The minimum atomic E-state index is 0.782. The van der Waals surface area contributed by atoms with E-state index in [0.29, 0.717) is 0 Å². The first-order chi connectivity index (χ1) is 5.92. The van der Waals surface area contributed by atoms with Crippen molar-refractivity contribution in [3.8, 4) is 0 Å². The second kappa shape index (κ2) is 2.77. The lowest BCUT2D eigenvalue weighted by Crippen LogP contribution is -1.91. The highest BCUT2D eigenvalue weighted by Gasteiger charge is 1.97. The zero-order chi connectivity index (χ0) is 8.39. The first-order valence-corrected chi connectivity index (χ1v) is 3.79. The van der Waals surface area contributed by atoms with Gasteiger partial charge in [0.15, 0.2) is 5.65 Å². The van der Waals surface area contributed by atoms with Crippen LogP contribution in [0.15, 0.2) is 30.6 Å². The van der Waals surface area contributed by atoms with Crippen LogP contribution in [0.2, 0.25) is 0 Å². The Morgan fingerprint density at radius 2 is 2.00 bits per heavy atom. The van der Waals surface area contributed by atoms with Gasteiger partial charge in [-0.2, -0.15) is 0 Å². The van der Waals surface area contributed by atoms with Crippen LogP contribution in [0.5, 0.6) is 0 Å². The Kier molecular flexibility index (Phi) is 1.63. The molecule has 0 radical (unpaired) electrons. The van der Waals surface area contributed by atoms with Crippen LogP contribution in [0.4, 0.5) is 5.69 Å². The van der Waals surface area contributed by atoms with E-state index >= 15 is 0 Å². The topological polar surface area (TPSA) is 37.8 Å². The largest absolute Gasteiger partial charge is 0.387 e. The Morgan fingerprint density at radius 3 is 2.83 bits per heavy atom. The number of hydrogen-bond donors (Lipinski definition) is 1. The van der Waals surface area contributed by atoms with Crippen LogP contribution in [-0.2, 0) is 0 Å². The summed E-state index contributed by atoms with van der Waals surface area (Å²) in [5.74, 6) is 0. The molecule has 0 aliphatic rings. The van der Waals surface area contributed by atoms with E-state index in [9.17, 15) is 0 Å². The lowest BCUT2D eigenvalue weighted by molar-refractivity contribution is 1.28. The van der Waals surface area contributed by atoms with Crippen molar-refractivity contribution in [3.63, 3.8) is 0 Å². The van der Waals surface area contributed by atoms with E-state index in [-0.39, 0.29) is 0 Å². The summed E-state index contributed by atoms with van der Waals surface area (Å²) >= 11 is 0. The molecule has 0 saturated carbocycles.